The summed E-state index contributed by atoms with van der Waals surface area (Å²) in [6.45, 7) is 4.65. The molecule has 3 nitrogen and oxygen atoms in total. The molecule has 0 aromatic carbocycles. The van der Waals surface area contributed by atoms with Crippen LogP contribution in [0, 0.1) is 5.92 Å². The van der Waals surface area contributed by atoms with Crippen LogP contribution in [-0.2, 0) is 9.53 Å². The van der Waals surface area contributed by atoms with Crippen molar-refractivity contribution in [2.45, 2.75) is 63.9 Å². The lowest BCUT2D eigenvalue weighted by atomic mass is 9.74. The number of carbonyl (C=O) groups is 1. The van der Waals surface area contributed by atoms with E-state index in [9.17, 15) is 4.79 Å². The van der Waals surface area contributed by atoms with Crippen molar-refractivity contribution in [3.8, 4) is 0 Å². The van der Waals surface area contributed by atoms with E-state index >= 15 is 0 Å². The van der Waals surface area contributed by atoms with E-state index in [0.29, 0.717) is 12.2 Å². The summed E-state index contributed by atoms with van der Waals surface area (Å²) in [5, 5.41) is 3.24. The molecule has 1 aliphatic carbocycles. The third-order valence-electron chi connectivity index (χ3n) is 4.51. The van der Waals surface area contributed by atoms with Crippen LogP contribution in [0.25, 0.3) is 0 Å². The fourth-order valence-corrected chi connectivity index (χ4v) is 3.44. The first-order valence-electron chi connectivity index (χ1n) is 7.63. The first kappa shape index (κ1) is 14.0. The average molecular weight is 253 g/mol. The molecular formula is C15H27NO2. The van der Waals surface area contributed by atoms with E-state index < -0.39 is 0 Å². The lowest BCUT2D eigenvalue weighted by molar-refractivity contribution is -0.142. The average Bonchev–Trinajstić information content (AvgIpc) is 2.40. The molecule has 1 aliphatic heterocycles. The number of ketones is 1. The minimum atomic E-state index is 0.0645. The van der Waals surface area contributed by atoms with Crippen molar-refractivity contribution in [3.05, 3.63) is 0 Å². The van der Waals surface area contributed by atoms with E-state index in [4.69, 9.17) is 4.74 Å². The molecule has 0 bridgehead atoms. The summed E-state index contributed by atoms with van der Waals surface area (Å²) in [6, 6.07) is 0. The lowest BCUT2D eigenvalue weighted by Crippen LogP contribution is -2.43. The smallest absolute Gasteiger partial charge is 0.137 e. The van der Waals surface area contributed by atoms with Gasteiger partial charge in [-0.2, -0.15) is 0 Å². The second-order valence-corrected chi connectivity index (χ2v) is 5.85. The van der Waals surface area contributed by atoms with Crippen LogP contribution in [0.1, 0.15) is 58.3 Å². The van der Waals surface area contributed by atoms with Gasteiger partial charge in [-0.15, -0.1) is 0 Å². The van der Waals surface area contributed by atoms with Gasteiger partial charge in [-0.1, -0.05) is 26.2 Å². The van der Waals surface area contributed by atoms with E-state index in [1.807, 2.05) is 0 Å². The summed E-state index contributed by atoms with van der Waals surface area (Å²) >= 11 is 0. The highest BCUT2D eigenvalue weighted by atomic mass is 16.5. The molecule has 0 amide bonds. The molecule has 0 aromatic rings. The van der Waals surface area contributed by atoms with E-state index in [1.165, 1.54) is 32.1 Å². The first-order chi connectivity index (χ1) is 8.76. The van der Waals surface area contributed by atoms with Gasteiger partial charge in [-0.25, -0.2) is 0 Å². The SMILES string of the molecule is CCNCCC(=O)C1CCOC2(CCCCC2)C1. The molecular weight excluding hydrogens is 226 g/mol. The Kier molecular flexibility index (Phi) is 5.19. The Hall–Kier alpha value is -0.410. The highest BCUT2D eigenvalue weighted by Crippen LogP contribution is 2.41. The predicted molar refractivity (Wildman–Crippen MR) is 72.7 cm³/mol. The molecule has 18 heavy (non-hydrogen) atoms. The van der Waals surface area contributed by atoms with Crippen LogP contribution in [0.4, 0.5) is 0 Å². The fraction of sp³-hybridized carbons (Fsp3) is 0.933. The van der Waals surface area contributed by atoms with Crippen molar-refractivity contribution in [3.63, 3.8) is 0 Å². The minimum absolute atomic E-state index is 0.0645. The second-order valence-electron chi connectivity index (χ2n) is 5.85. The van der Waals surface area contributed by atoms with E-state index in [-0.39, 0.29) is 11.5 Å². The maximum atomic E-state index is 12.2. The van der Waals surface area contributed by atoms with Crippen molar-refractivity contribution < 1.29 is 9.53 Å². The zero-order chi connectivity index (χ0) is 12.8. The summed E-state index contributed by atoms with van der Waals surface area (Å²) in [5.41, 5.74) is 0.0645. The Balaban J connectivity index is 1.83. The molecule has 1 unspecified atom stereocenters. The highest BCUT2D eigenvalue weighted by molar-refractivity contribution is 5.81. The molecule has 3 heteroatoms. The first-order valence-corrected chi connectivity index (χ1v) is 7.63. The number of nitrogens with one attached hydrogen (secondary N) is 1. The number of carbonyl (C=O) groups excluding carboxylic acids is 1. The molecule has 2 rings (SSSR count). The van der Waals surface area contributed by atoms with Gasteiger partial charge in [0.05, 0.1) is 5.60 Å². The molecule has 1 spiro atoms. The normalized spacial score (nSPS) is 27.3. The molecule has 2 fully saturated rings. The molecule has 1 N–H and O–H groups in total. The zero-order valence-corrected chi connectivity index (χ0v) is 11.7. The van der Waals surface area contributed by atoms with Crippen LogP contribution in [0.3, 0.4) is 0 Å². The van der Waals surface area contributed by atoms with Crippen molar-refractivity contribution in [1.29, 1.82) is 0 Å². The van der Waals surface area contributed by atoms with Crippen LogP contribution in [0.15, 0.2) is 0 Å². The number of ether oxygens (including phenoxy) is 1. The standard InChI is InChI=1S/C15H27NO2/c1-2-16-10-6-14(17)13-7-11-18-15(12-13)8-4-3-5-9-15/h13,16H,2-12H2,1H3. The molecule has 1 atom stereocenters. The summed E-state index contributed by atoms with van der Waals surface area (Å²) in [4.78, 5) is 12.2. The van der Waals surface area contributed by atoms with Gasteiger partial charge >= 0.3 is 0 Å². The Morgan fingerprint density at radius 3 is 2.83 bits per heavy atom. The molecule has 0 radical (unpaired) electrons. The Morgan fingerprint density at radius 1 is 1.33 bits per heavy atom. The zero-order valence-electron chi connectivity index (χ0n) is 11.7. The third kappa shape index (κ3) is 3.55. The van der Waals surface area contributed by atoms with Gasteiger partial charge in [0, 0.05) is 25.5 Å². The number of hydrogen-bond donors (Lipinski definition) is 1. The second kappa shape index (κ2) is 6.67. The lowest BCUT2D eigenvalue weighted by Gasteiger charge is -2.43. The molecule has 1 heterocycles. The van der Waals surface area contributed by atoms with Crippen molar-refractivity contribution in [2.75, 3.05) is 19.7 Å². The minimum Gasteiger partial charge on any atom is -0.375 e. The Morgan fingerprint density at radius 2 is 2.11 bits per heavy atom. The number of Topliss-reactive ketones (excluding diaryl/α,β-unsaturated/α-hetero) is 1. The molecule has 0 aromatic heterocycles. The van der Waals surface area contributed by atoms with Gasteiger partial charge in [0.2, 0.25) is 0 Å². The van der Waals surface area contributed by atoms with Crippen LogP contribution in [0.2, 0.25) is 0 Å². The summed E-state index contributed by atoms with van der Waals surface area (Å²) in [6.07, 6.45) is 8.84. The number of rotatable bonds is 5. The van der Waals surface area contributed by atoms with E-state index in [1.54, 1.807) is 0 Å². The predicted octanol–water partition coefficient (Wildman–Crippen LogP) is 2.68. The number of hydrogen-bond acceptors (Lipinski definition) is 3. The summed E-state index contributed by atoms with van der Waals surface area (Å²) in [5.74, 6) is 0.708. The van der Waals surface area contributed by atoms with Gasteiger partial charge in [0.1, 0.15) is 5.78 Å². The van der Waals surface area contributed by atoms with Crippen molar-refractivity contribution in [1.82, 2.24) is 5.32 Å². The Labute approximate surface area is 111 Å². The van der Waals surface area contributed by atoms with Crippen LogP contribution in [-0.4, -0.2) is 31.1 Å². The molecule has 2 aliphatic rings. The van der Waals surface area contributed by atoms with Gasteiger partial charge in [0.15, 0.2) is 0 Å². The summed E-state index contributed by atoms with van der Waals surface area (Å²) < 4.78 is 6.04. The van der Waals surface area contributed by atoms with Crippen molar-refractivity contribution in [2.24, 2.45) is 5.92 Å². The van der Waals surface area contributed by atoms with Gasteiger partial charge in [-0.3, -0.25) is 4.79 Å². The maximum absolute atomic E-state index is 12.2. The van der Waals surface area contributed by atoms with Crippen LogP contribution in [0.5, 0.6) is 0 Å². The van der Waals surface area contributed by atoms with Gasteiger partial charge < -0.3 is 10.1 Å². The third-order valence-corrected chi connectivity index (χ3v) is 4.51. The highest BCUT2D eigenvalue weighted by Gasteiger charge is 2.40. The summed E-state index contributed by atoms with van der Waals surface area (Å²) in [7, 11) is 0. The molecule has 1 saturated carbocycles. The van der Waals surface area contributed by atoms with E-state index in [2.05, 4.69) is 12.2 Å². The van der Waals surface area contributed by atoms with Crippen LogP contribution < -0.4 is 5.32 Å². The molecule has 104 valence electrons. The fourth-order valence-electron chi connectivity index (χ4n) is 3.44. The van der Waals surface area contributed by atoms with Gasteiger partial charge in [0.25, 0.3) is 0 Å². The van der Waals surface area contributed by atoms with Crippen LogP contribution >= 0.6 is 0 Å². The molecule has 1 saturated heterocycles. The van der Waals surface area contributed by atoms with E-state index in [0.717, 1.165) is 32.5 Å². The monoisotopic (exact) mass is 253 g/mol. The van der Waals surface area contributed by atoms with Crippen molar-refractivity contribution >= 4 is 5.78 Å². The van der Waals surface area contributed by atoms with Gasteiger partial charge in [-0.05, 0) is 32.2 Å². The maximum Gasteiger partial charge on any atom is 0.137 e. The largest absolute Gasteiger partial charge is 0.375 e. The quantitative estimate of drug-likeness (QED) is 0.766. The topological polar surface area (TPSA) is 38.3 Å². The Bertz CT molecular complexity index is 266.